The Morgan fingerprint density at radius 1 is 1.10 bits per heavy atom. The molecule has 4 heteroatoms. The number of ether oxygens (including phenoxy) is 2. The van der Waals surface area contributed by atoms with Crippen LogP contribution in [0.4, 0.5) is 0 Å². The van der Waals surface area contributed by atoms with E-state index in [9.17, 15) is 0 Å². The van der Waals surface area contributed by atoms with Crippen LogP contribution in [-0.2, 0) is 6.42 Å². The third kappa shape index (κ3) is 4.22. The summed E-state index contributed by atoms with van der Waals surface area (Å²) in [7, 11) is 3.32. The molecule has 0 fully saturated rings. The summed E-state index contributed by atoms with van der Waals surface area (Å²) in [6.45, 7) is 4.39. The molecule has 2 atom stereocenters. The summed E-state index contributed by atoms with van der Waals surface area (Å²) in [4.78, 5) is 1.41. The third-order valence-electron chi connectivity index (χ3n) is 3.53. The molecular weight excluding hydrogens is 282 g/mol. The fourth-order valence-electron chi connectivity index (χ4n) is 2.43. The minimum Gasteiger partial charge on any atom is -0.493 e. The molecule has 0 aliphatic heterocycles. The Labute approximate surface area is 130 Å². The van der Waals surface area contributed by atoms with Crippen LogP contribution < -0.4 is 14.8 Å². The van der Waals surface area contributed by atoms with Gasteiger partial charge in [0.15, 0.2) is 11.5 Å². The average molecular weight is 305 g/mol. The summed E-state index contributed by atoms with van der Waals surface area (Å²) in [5.74, 6) is 1.54. The summed E-state index contributed by atoms with van der Waals surface area (Å²) in [6.07, 6.45) is 1.05. The minimum atomic E-state index is 0.264. The maximum atomic E-state index is 5.37. The van der Waals surface area contributed by atoms with Gasteiger partial charge in [0.05, 0.1) is 14.2 Å². The van der Waals surface area contributed by atoms with Gasteiger partial charge in [0.25, 0.3) is 0 Å². The normalized spacial score (nSPS) is 13.7. The highest BCUT2D eigenvalue weighted by molar-refractivity contribution is 7.09. The number of rotatable bonds is 7. The van der Waals surface area contributed by atoms with Gasteiger partial charge in [-0.25, -0.2) is 0 Å². The van der Waals surface area contributed by atoms with E-state index in [4.69, 9.17) is 9.47 Å². The van der Waals surface area contributed by atoms with Gasteiger partial charge in [-0.2, -0.15) is 0 Å². The Kier molecular flexibility index (Phi) is 5.65. The molecule has 3 nitrogen and oxygen atoms in total. The van der Waals surface area contributed by atoms with Gasteiger partial charge >= 0.3 is 0 Å². The first-order valence-electron chi connectivity index (χ1n) is 7.14. The standard InChI is InChI=1S/C17H23NO2S/c1-12(10-15-6-5-9-21-15)18-13(2)14-7-8-16(19-3)17(11-14)20-4/h5-9,11-13,18H,10H2,1-4H3. The second kappa shape index (κ2) is 7.48. The average Bonchev–Trinajstić information content (AvgIpc) is 2.99. The fourth-order valence-corrected chi connectivity index (χ4v) is 3.27. The zero-order valence-corrected chi connectivity index (χ0v) is 13.9. The SMILES string of the molecule is COc1ccc(C(C)NC(C)Cc2cccs2)cc1OC. The van der Waals surface area contributed by atoms with Gasteiger partial charge in [-0.1, -0.05) is 12.1 Å². The largest absolute Gasteiger partial charge is 0.493 e. The number of nitrogens with one attached hydrogen (secondary N) is 1. The van der Waals surface area contributed by atoms with E-state index in [0.29, 0.717) is 6.04 Å². The van der Waals surface area contributed by atoms with Crippen molar-refractivity contribution in [2.45, 2.75) is 32.4 Å². The summed E-state index contributed by atoms with van der Waals surface area (Å²) < 4.78 is 10.6. The van der Waals surface area contributed by atoms with Crippen molar-refractivity contribution in [2.75, 3.05) is 14.2 Å². The number of methoxy groups -OCH3 is 2. The van der Waals surface area contributed by atoms with Crippen molar-refractivity contribution in [3.63, 3.8) is 0 Å². The van der Waals surface area contributed by atoms with Gasteiger partial charge in [0.1, 0.15) is 0 Å². The Bertz CT molecular complexity index is 554. The fraction of sp³-hybridized carbons (Fsp3) is 0.412. The van der Waals surface area contributed by atoms with Crippen LogP contribution in [0.1, 0.15) is 30.3 Å². The molecule has 0 radical (unpaired) electrons. The molecule has 1 aromatic carbocycles. The number of thiophene rings is 1. The number of hydrogen-bond acceptors (Lipinski definition) is 4. The second-order valence-electron chi connectivity index (χ2n) is 5.19. The molecule has 0 spiro atoms. The summed E-state index contributed by atoms with van der Waals surface area (Å²) in [5.41, 5.74) is 1.20. The number of hydrogen-bond donors (Lipinski definition) is 1. The van der Waals surface area contributed by atoms with Crippen molar-refractivity contribution in [3.8, 4) is 11.5 Å². The predicted molar refractivity (Wildman–Crippen MR) is 88.6 cm³/mol. The summed E-state index contributed by atoms with van der Waals surface area (Å²) in [5, 5.41) is 5.76. The zero-order valence-electron chi connectivity index (χ0n) is 13.1. The molecular formula is C17H23NO2S. The van der Waals surface area contributed by atoms with Gasteiger partial charge in [0, 0.05) is 17.0 Å². The highest BCUT2D eigenvalue weighted by atomic mass is 32.1. The van der Waals surface area contributed by atoms with Crippen LogP contribution in [0.2, 0.25) is 0 Å². The quantitative estimate of drug-likeness (QED) is 0.837. The maximum absolute atomic E-state index is 5.37. The second-order valence-corrected chi connectivity index (χ2v) is 6.22. The molecule has 0 bridgehead atoms. The minimum absolute atomic E-state index is 0.264. The van der Waals surface area contributed by atoms with E-state index in [0.717, 1.165) is 17.9 Å². The molecule has 1 N–H and O–H groups in total. The lowest BCUT2D eigenvalue weighted by Crippen LogP contribution is -2.30. The van der Waals surface area contributed by atoms with E-state index >= 15 is 0 Å². The van der Waals surface area contributed by atoms with Crippen molar-refractivity contribution < 1.29 is 9.47 Å². The molecule has 1 heterocycles. The predicted octanol–water partition coefficient (Wildman–Crippen LogP) is 4.05. The van der Waals surface area contributed by atoms with Crippen LogP contribution in [-0.4, -0.2) is 20.3 Å². The topological polar surface area (TPSA) is 30.5 Å². The first-order valence-corrected chi connectivity index (χ1v) is 8.02. The molecule has 1 aromatic heterocycles. The van der Waals surface area contributed by atoms with Gasteiger partial charge in [-0.05, 0) is 49.4 Å². The highest BCUT2D eigenvalue weighted by Crippen LogP contribution is 2.30. The highest BCUT2D eigenvalue weighted by Gasteiger charge is 2.13. The maximum Gasteiger partial charge on any atom is 0.161 e. The van der Waals surface area contributed by atoms with Crippen molar-refractivity contribution in [2.24, 2.45) is 0 Å². The van der Waals surface area contributed by atoms with Crippen molar-refractivity contribution in [1.82, 2.24) is 5.32 Å². The number of benzene rings is 1. The molecule has 2 unspecified atom stereocenters. The van der Waals surface area contributed by atoms with E-state index in [1.54, 1.807) is 14.2 Å². The molecule has 114 valence electrons. The van der Waals surface area contributed by atoms with Crippen LogP contribution in [0, 0.1) is 0 Å². The lowest BCUT2D eigenvalue weighted by Gasteiger charge is -2.21. The van der Waals surface area contributed by atoms with E-state index in [2.05, 4.69) is 42.7 Å². The van der Waals surface area contributed by atoms with Crippen LogP contribution in [0.3, 0.4) is 0 Å². The molecule has 0 saturated heterocycles. The smallest absolute Gasteiger partial charge is 0.161 e. The van der Waals surface area contributed by atoms with Gasteiger partial charge in [-0.3, -0.25) is 0 Å². The van der Waals surface area contributed by atoms with Crippen LogP contribution in [0.25, 0.3) is 0 Å². The van der Waals surface area contributed by atoms with Gasteiger partial charge in [-0.15, -0.1) is 11.3 Å². The Morgan fingerprint density at radius 3 is 2.48 bits per heavy atom. The van der Waals surface area contributed by atoms with Crippen LogP contribution in [0.5, 0.6) is 11.5 Å². The first-order chi connectivity index (χ1) is 10.1. The summed E-state index contributed by atoms with van der Waals surface area (Å²) >= 11 is 1.81. The Balaban J connectivity index is 2.00. The molecule has 0 aliphatic carbocycles. The molecule has 21 heavy (non-hydrogen) atoms. The monoisotopic (exact) mass is 305 g/mol. The van der Waals surface area contributed by atoms with Crippen molar-refractivity contribution in [3.05, 3.63) is 46.2 Å². The molecule has 0 amide bonds. The Hall–Kier alpha value is -1.52. The van der Waals surface area contributed by atoms with Crippen molar-refractivity contribution >= 4 is 11.3 Å². The van der Waals surface area contributed by atoms with E-state index in [-0.39, 0.29) is 6.04 Å². The third-order valence-corrected chi connectivity index (χ3v) is 4.43. The lowest BCUT2D eigenvalue weighted by molar-refractivity contribution is 0.353. The zero-order chi connectivity index (χ0) is 15.2. The molecule has 0 saturated carbocycles. The summed E-state index contributed by atoms with van der Waals surface area (Å²) in [6, 6.07) is 11.0. The van der Waals surface area contributed by atoms with Gasteiger partial charge in [0.2, 0.25) is 0 Å². The lowest BCUT2D eigenvalue weighted by atomic mass is 10.1. The van der Waals surface area contributed by atoms with Crippen LogP contribution >= 0.6 is 11.3 Å². The van der Waals surface area contributed by atoms with Crippen molar-refractivity contribution in [1.29, 1.82) is 0 Å². The first kappa shape index (κ1) is 15.9. The Morgan fingerprint density at radius 2 is 1.86 bits per heavy atom. The van der Waals surface area contributed by atoms with Gasteiger partial charge < -0.3 is 14.8 Å². The molecule has 2 rings (SSSR count). The van der Waals surface area contributed by atoms with E-state index in [1.165, 1.54) is 10.4 Å². The van der Waals surface area contributed by atoms with E-state index < -0.39 is 0 Å². The molecule has 0 aliphatic rings. The molecule has 2 aromatic rings. The van der Waals surface area contributed by atoms with E-state index in [1.807, 2.05) is 23.5 Å². The van der Waals surface area contributed by atoms with Crippen LogP contribution in [0.15, 0.2) is 35.7 Å².